The van der Waals surface area contributed by atoms with Crippen molar-refractivity contribution in [1.82, 2.24) is 9.97 Å². The molecular formula is C19H16FN3O2. The summed E-state index contributed by atoms with van der Waals surface area (Å²) >= 11 is 0. The lowest BCUT2D eigenvalue weighted by atomic mass is 10.2. The minimum Gasteiger partial charge on any atom is -0.494 e. The standard InChI is InChI=1S/C19H16FN3O2/c1-2-25-17-9-7-16(8-10-17)23-19(24)14-11-21-18(22-12-14)13-3-5-15(20)6-4-13/h3-12H,2H2,1H3,(H,23,24). The number of hydrogen-bond donors (Lipinski definition) is 1. The number of carbonyl (C=O) groups is 1. The first-order valence-electron chi connectivity index (χ1n) is 7.78. The van der Waals surface area contributed by atoms with Gasteiger partial charge in [0.1, 0.15) is 11.6 Å². The molecule has 0 spiro atoms. The molecule has 0 aliphatic carbocycles. The number of benzene rings is 2. The number of halogens is 1. The Balaban J connectivity index is 1.69. The summed E-state index contributed by atoms with van der Waals surface area (Å²) in [4.78, 5) is 20.6. The van der Waals surface area contributed by atoms with Crippen molar-refractivity contribution in [2.24, 2.45) is 0 Å². The number of nitrogens with zero attached hydrogens (tertiary/aromatic N) is 2. The van der Waals surface area contributed by atoms with Crippen LogP contribution in [0, 0.1) is 5.82 Å². The Labute approximate surface area is 144 Å². The molecule has 0 aliphatic heterocycles. The van der Waals surface area contributed by atoms with Crippen molar-refractivity contribution < 1.29 is 13.9 Å². The second kappa shape index (κ2) is 7.53. The fraction of sp³-hybridized carbons (Fsp3) is 0.105. The molecule has 0 aliphatic rings. The fourth-order valence-electron chi connectivity index (χ4n) is 2.20. The van der Waals surface area contributed by atoms with Crippen molar-refractivity contribution in [2.75, 3.05) is 11.9 Å². The maximum Gasteiger partial charge on any atom is 0.258 e. The third kappa shape index (κ3) is 4.17. The number of hydrogen-bond acceptors (Lipinski definition) is 4. The van der Waals surface area contributed by atoms with Crippen molar-refractivity contribution in [3.8, 4) is 17.1 Å². The van der Waals surface area contributed by atoms with Crippen LogP contribution in [0.1, 0.15) is 17.3 Å². The molecule has 0 saturated carbocycles. The zero-order valence-corrected chi connectivity index (χ0v) is 13.6. The molecule has 0 atom stereocenters. The van der Waals surface area contributed by atoms with Gasteiger partial charge in [0.15, 0.2) is 5.82 Å². The summed E-state index contributed by atoms with van der Waals surface area (Å²) in [6, 6.07) is 12.9. The zero-order chi connectivity index (χ0) is 17.6. The second-order valence-corrected chi connectivity index (χ2v) is 5.21. The number of rotatable bonds is 5. The molecule has 1 amide bonds. The number of nitrogens with one attached hydrogen (secondary N) is 1. The van der Waals surface area contributed by atoms with Gasteiger partial charge in [-0.3, -0.25) is 4.79 Å². The number of aromatic nitrogens is 2. The molecule has 1 heterocycles. The van der Waals surface area contributed by atoms with E-state index in [1.165, 1.54) is 24.5 Å². The molecule has 126 valence electrons. The molecule has 2 aromatic carbocycles. The van der Waals surface area contributed by atoms with Crippen LogP contribution in [0.15, 0.2) is 60.9 Å². The average molecular weight is 337 g/mol. The van der Waals surface area contributed by atoms with Gasteiger partial charge < -0.3 is 10.1 Å². The summed E-state index contributed by atoms with van der Waals surface area (Å²) in [5.74, 6) is 0.537. The van der Waals surface area contributed by atoms with Crippen LogP contribution in [-0.4, -0.2) is 22.5 Å². The molecule has 6 heteroatoms. The van der Waals surface area contributed by atoms with E-state index in [4.69, 9.17) is 4.74 Å². The smallest absolute Gasteiger partial charge is 0.258 e. The maximum absolute atomic E-state index is 12.9. The SMILES string of the molecule is CCOc1ccc(NC(=O)c2cnc(-c3ccc(F)cc3)nc2)cc1. The Morgan fingerprint density at radius 1 is 1.04 bits per heavy atom. The van der Waals surface area contributed by atoms with Gasteiger partial charge in [0.05, 0.1) is 12.2 Å². The molecule has 0 unspecified atom stereocenters. The van der Waals surface area contributed by atoms with Crippen LogP contribution in [0.25, 0.3) is 11.4 Å². The molecule has 0 radical (unpaired) electrons. The van der Waals surface area contributed by atoms with E-state index in [-0.39, 0.29) is 11.7 Å². The van der Waals surface area contributed by atoms with Crippen molar-refractivity contribution in [1.29, 1.82) is 0 Å². The predicted octanol–water partition coefficient (Wildman–Crippen LogP) is 3.93. The lowest BCUT2D eigenvalue weighted by Crippen LogP contribution is -2.12. The molecular weight excluding hydrogens is 321 g/mol. The Morgan fingerprint density at radius 2 is 1.68 bits per heavy atom. The van der Waals surface area contributed by atoms with Gasteiger partial charge >= 0.3 is 0 Å². The number of anilines is 1. The highest BCUT2D eigenvalue weighted by Crippen LogP contribution is 2.17. The highest BCUT2D eigenvalue weighted by Gasteiger charge is 2.09. The molecule has 1 N–H and O–H groups in total. The molecule has 0 bridgehead atoms. The van der Waals surface area contributed by atoms with Gasteiger partial charge in [-0.2, -0.15) is 0 Å². The third-order valence-electron chi connectivity index (χ3n) is 3.44. The molecule has 25 heavy (non-hydrogen) atoms. The first-order chi connectivity index (χ1) is 12.2. The highest BCUT2D eigenvalue weighted by atomic mass is 19.1. The topological polar surface area (TPSA) is 64.1 Å². The van der Waals surface area contributed by atoms with E-state index < -0.39 is 0 Å². The van der Waals surface area contributed by atoms with Gasteiger partial charge in [-0.1, -0.05) is 0 Å². The van der Waals surface area contributed by atoms with Gasteiger partial charge in [0.25, 0.3) is 5.91 Å². The van der Waals surface area contributed by atoms with Gasteiger partial charge in [-0.25, -0.2) is 14.4 Å². The van der Waals surface area contributed by atoms with Gasteiger partial charge in [0, 0.05) is 23.6 Å². The van der Waals surface area contributed by atoms with Crippen LogP contribution >= 0.6 is 0 Å². The van der Waals surface area contributed by atoms with Gasteiger partial charge in [-0.15, -0.1) is 0 Å². The van der Waals surface area contributed by atoms with Crippen LogP contribution < -0.4 is 10.1 Å². The van der Waals surface area contributed by atoms with Gasteiger partial charge in [-0.05, 0) is 55.5 Å². The lowest BCUT2D eigenvalue weighted by Gasteiger charge is -2.07. The zero-order valence-electron chi connectivity index (χ0n) is 13.6. The summed E-state index contributed by atoms with van der Waals surface area (Å²) < 4.78 is 18.3. The molecule has 5 nitrogen and oxygen atoms in total. The van der Waals surface area contributed by atoms with Crippen molar-refractivity contribution in [2.45, 2.75) is 6.92 Å². The first-order valence-corrected chi connectivity index (χ1v) is 7.78. The number of ether oxygens (including phenoxy) is 1. The summed E-state index contributed by atoms with van der Waals surface area (Å²) in [5.41, 5.74) is 1.66. The Morgan fingerprint density at radius 3 is 2.28 bits per heavy atom. The maximum atomic E-state index is 12.9. The van der Waals surface area contributed by atoms with Crippen LogP contribution in [0.4, 0.5) is 10.1 Å². The van der Waals surface area contributed by atoms with E-state index in [1.54, 1.807) is 36.4 Å². The Bertz CT molecular complexity index is 847. The Kier molecular flexibility index (Phi) is 4.99. The van der Waals surface area contributed by atoms with E-state index >= 15 is 0 Å². The Hall–Kier alpha value is -3.28. The van der Waals surface area contributed by atoms with E-state index in [0.29, 0.717) is 29.2 Å². The van der Waals surface area contributed by atoms with Crippen LogP contribution in [-0.2, 0) is 0 Å². The average Bonchev–Trinajstić information content (AvgIpc) is 2.64. The van der Waals surface area contributed by atoms with Crippen molar-refractivity contribution >= 4 is 11.6 Å². The van der Waals surface area contributed by atoms with Crippen molar-refractivity contribution in [3.05, 3.63) is 72.3 Å². The van der Waals surface area contributed by atoms with E-state index in [1.807, 2.05) is 6.92 Å². The van der Waals surface area contributed by atoms with E-state index in [2.05, 4.69) is 15.3 Å². The highest BCUT2D eigenvalue weighted by molar-refractivity contribution is 6.03. The van der Waals surface area contributed by atoms with Crippen LogP contribution in [0.5, 0.6) is 5.75 Å². The minimum atomic E-state index is -0.324. The van der Waals surface area contributed by atoms with E-state index in [9.17, 15) is 9.18 Å². The normalized spacial score (nSPS) is 10.3. The first kappa shape index (κ1) is 16.6. The largest absolute Gasteiger partial charge is 0.494 e. The third-order valence-corrected chi connectivity index (χ3v) is 3.44. The summed E-state index contributed by atoms with van der Waals surface area (Å²) in [5, 5.41) is 2.77. The molecule has 0 fully saturated rings. The molecule has 3 aromatic rings. The quantitative estimate of drug-likeness (QED) is 0.766. The van der Waals surface area contributed by atoms with Crippen molar-refractivity contribution in [3.63, 3.8) is 0 Å². The fourth-order valence-corrected chi connectivity index (χ4v) is 2.20. The summed E-state index contributed by atoms with van der Waals surface area (Å²) in [6.07, 6.45) is 2.88. The van der Waals surface area contributed by atoms with Gasteiger partial charge in [0.2, 0.25) is 0 Å². The molecule has 1 aromatic heterocycles. The predicted molar refractivity (Wildman–Crippen MR) is 93.0 cm³/mol. The number of amides is 1. The van der Waals surface area contributed by atoms with E-state index in [0.717, 1.165) is 5.75 Å². The molecule has 3 rings (SSSR count). The lowest BCUT2D eigenvalue weighted by molar-refractivity contribution is 0.102. The van der Waals surface area contributed by atoms with Crippen LogP contribution in [0.2, 0.25) is 0 Å². The molecule has 0 saturated heterocycles. The minimum absolute atomic E-state index is 0.310. The van der Waals surface area contributed by atoms with Crippen LogP contribution in [0.3, 0.4) is 0 Å². The summed E-state index contributed by atoms with van der Waals surface area (Å²) in [7, 11) is 0. The second-order valence-electron chi connectivity index (χ2n) is 5.21. The summed E-state index contributed by atoms with van der Waals surface area (Å²) in [6.45, 7) is 2.49. The number of carbonyl (C=O) groups excluding carboxylic acids is 1. The monoisotopic (exact) mass is 337 g/mol.